The second-order valence-corrected chi connectivity index (χ2v) is 30.8. The molecule has 14 nitrogen and oxygen atoms in total. The molecule has 17 heteroatoms. The van der Waals surface area contributed by atoms with E-state index in [1.165, 1.54) is 122 Å². The summed E-state index contributed by atoms with van der Waals surface area (Å²) in [5, 5.41) is 4.23. The van der Waals surface area contributed by atoms with Crippen LogP contribution in [0.1, 0.15) is 383 Å². The zero-order valence-electron chi connectivity index (χ0n) is 103. The fourth-order valence-corrected chi connectivity index (χ4v) is 10.4. The number of ether oxygens (including phenoxy) is 1. The highest BCUT2D eigenvalue weighted by molar-refractivity contribution is 7.99. The lowest BCUT2D eigenvalue weighted by molar-refractivity contribution is 0.204. The molecule has 3 aliphatic heterocycles. The van der Waals surface area contributed by atoms with Crippen LogP contribution in [0, 0.1) is 166 Å². The maximum Gasteiger partial charge on any atom is 0.115 e. The molecule has 15 rings (SSSR count). The zero-order valence-corrected chi connectivity index (χ0v) is 105. The number of allylic oxidation sites excluding steroid dienone is 1. The van der Waals surface area contributed by atoms with Crippen molar-refractivity contribution in [2.24, 2.45) is 4.99 Å². The first-order chi connectivity index (χ1) is 67.6. The van der Waals surface area contributed by atoms with Crippen molar-refractivity contribution in [1.29, 1.82) is 0 Å². The Hall–Kier alpha value is -9.52. The molecular weight excluding hydrogens is 1790 g/mol. The Labute approximate surface area is 887 Å². The third-order valence-corrected chi connectivity index (χ3v) is 21.6. The van der Waals surface area contributed by atoms with Crippen LogP contribution in [0.3, 0.4) is 0 Å². The van der Waals surface area contributed by atoms with Gasteiger partial charge in [-0.25, -0.2) is 19.9 Å². The van der Waals surface area contributed by atoms with E-state index in [1.807, 2.05) is 393 Å². The van der Waals surface area contributed by atoms with Gasteiger partial charge in [0.2, 0.25) is 0 Å². The minimum atomic E-state index is 0.853. The number of thioether (sulfide) groups is 1. The number of hydrogen-bond acceptors (Lipinski definition) is 15. The Balaban J connectivity index is -0.0000000910. The summed E-state index contributed by atoms with van der Waals surface area (Å²) in [4.78, 5) is 44.7. The molecule has 0 saturated carbocycles. The van der Waals surface area contributed by atoms with Crippen LogP contribution in [0.2, 0.25) is 0 Å². The smallest absolute Gasteiger partial charge is 0.115 e. The molecular formula is C124H221N11O3S3. The normalized spacial score (nSPS) is 9.67. The number of aliphatic imine (C=N–C) groups is 1. The molecule has 808 valence electrons. The average molecular weight is 2010 g/mol. The second-order valence-electron chi connectivity index (χ2n) is 27.6. The van der Waals surface area contributed by atoms with Crippen molar-refractivity contribution in [3.8, 4) is 0 Å². The van der Waals surface area contributed by atoms with E-state index in [4.69, 9.17) is 13.6 Å². The van der Waals surface area contributed by atoms with Crippen LogP contribution in [-0.4, -0.2) is 87.3 Å². The summed E-state index contributed by atoms with van der Waals surface area (Å²) in [7, 11) is 0. The fraction of sp³-hybridized carbons (Fsp3) is 0.524. The first kappa shape index (κ1) is 165. The van der Waals surface area contributed by atoms with Crippen LogP contribution in [0.5, 0.6) is 0 Å². The number of pyridine rings is 4. The van der Waals surface area contributed by atoms with Gasteiger partial charge in [0.15, 0.2) is 0 Å². The quantitative estimate of drug-likeness (QED) is 0.137. The zero-order chi connectivity index (χ0) is 113. The lowest BCUT2D eigenvalue weighted by atomic mass is 10.2. The minimum absolute atomic E-state index is 0.853. The molecule has 12 aromatic rings. The summed E-state index contributed by atoms with van der Waals surface area (Å²) in [6.07, 6.45) is 26.9. The van der Waals surface area contributed by atoms with Crippen LogP contribution < -0.4 is 0 Å². The number of nitrogens with one attached hydrogen (secondary N) is 2. The van der Waals surface area contributed by atoms with Gasteiger partial charge in [-0.05, 0) is 379 Å². The molecule has 0 saturated heterocycles. The van der Waals surface area contributed by atoms with E-state index in [0.717, 1.165) is 65.2 Å². The molecule has 0 fully saturated rings. The van der Waals surface area contributed by atoms with Gasteiger partial charge in [-0.1, -0.05) is 231 Å². The largest absolute Gasteiger partial charge is 0.469 e. The summed E-state index contributed by atoms with van der Waals surface area (Å²) in [6, 6.07) is 24.3. The molecule has 0 amide bonds. The van der Waals surface area contributed by atoms with Gasteiger partial charge in [-0.15, -0.1) is 22.7 Å². The summed E-state index contributed by atoms with van der Waals surface area (Å²) >= 11 is 5.62. The number of hydrogen-bond donors (Lipinski definition) is 2. The lowest BCUT2D eigenvalue weighted by Gasteiger charge is -1.92. The highest BCUT2D eigenvalue weighted by Gasteiger charge is 2.05. The fourth-order valence-electron chi connectivity index (χ4n) is 7.75. The predicted octanol–water partition coefficient (Wildman–Crippen LogP) is 41.0. The first-order valence-electron chi connectivity index (χ1n) is 52.4. The van der Waals surface area contributed by atoms with Crippen molar-refractivity contribution in [3.63, 3.8) is 0 Å². The molecule has 0 aromatic carbocycles. The SMILES string of the molecule is CC.CC.CC.CC.CC.CC.CC.CC.CC.CC.CC.CC.CC.CC.CC.CC1=C(C)CN=C1.CC1=C(C)COC1.CC1=C(C)CSC1.Cc1cc[nH]c1C.Cc1cc[nH]c1C.Cc1cccnc1C.Cc1cccnc1C.Cc1ccncc1C.Cc1ccncc1C.Cc1ccoc1C.Cc1ccoc1C.Cc1ccsc1C.Cc1ccsc1C.Cc1cncnc1C.Cc1cncnc1C. The summed E-state index contributed by atoms with van der Waals surface area (Å²) in [5.74, 6) is 4.57. The molecule has 141 heavy (non-hydrogen) atoms. The number of furan rings is 2. The van der Waals surface area contributed by atoms with E-state index in [-0.39, 0.29) is 0 Å². The van der Waals surface area contributed by atoms with Crippen molar-refractivity contribution < 1.29 is 13.6 Å². The Kier molecular flexibility index (Phi) is 148. The van der Waals surface area contributed by atoms with E-state index in [1.54, 1.807) is 59.0 Å². The summed E-state index contributed by atoms with van der Waals surface area (Å²) in [5.41, 5.74) is 33.4. The van der Waals surface area contributed by atoms with Crippen LogP contribution in [0.15, 0.2) is 218 Å². The van der Waals surface area contributed by atoms with Gasteiger partial charge in [0, 0.05) is 124 Å². The third-order valence-electron chi connectivity index (χ3n) is 18.4. The average Bonchev–Trinajstić information content (AvgIpc) is 1.50. The minimum Gasteiger partial charge on any atom is -0.469 e. The van der Waals surface area contributed by atoms with Gasteiger partial charge >= 0.3 is 0 Å². The molecule has 0 aliphatic carbocycles. The summed E-state index contributed by atoms with van der Waals surface area (Å²) < 4.78 is 15.0. The molecule has 2 N–H and O–H groups in total. The predicted molar refractivity (Wildman–Crippen MR) is 649 cm³/mol. The van der Waals surface area contributed by atoms with Crippen molar-refractivity contribution in [3.05, 3.63) is 337 Å². The van der Waals surface area contributed by atoms with E-state index >= 15 is 0 Å². The number of thiophene rings is 2. The Bertz CT molecular complexity index is 3730. The number of aromatic amines is 2. The monoisotopic (exact) mass is 2010 g/mol. The third kappa shape index (κ3) is 100. The number of nitrogens with zero attached hydrogens (tertiary/aromatic N) is 9. The van der Waals surface area contributed by atoms with Gasteiger partial charge in [0.1, 0.15) is 24.2 Å². The Morgan fingerprint density at radius 2 is 0.560 bits per heavy atom. The highest BCUT2D eigenvalue weighted by Crippen LogP contribution is 2.23. The maximum absolute atomic E-state index is 5.09. The molecule has 0 atom stereocenters. The molecule has 12 aromatic heterocycles. The van der Waals surface area contributed by atoms with Gasteiger partial charge in [-0.2, -0.15) is 11.8 Å². The molecule has 15 heterocycles. The van der Waals surface area contributed by atoms with Gasteiger partial charge < -0.3 is 23.5 Å². The second kappa shape index (κ2) is 127. The van der Waals surface area contributed by atoms with Crippen molar-refractivity contribution >= 4 is 40.7 Å². The molecule has 3 aliphatic rings. The van der Waals surface area contributed by atoms with Crippen LogP contribution in [0.25, 0.3) is 0 Å². The maximum atomic E-state index is 5.09. The standard InChI is InChI=1S/4C7H9N.2C6H8N2.3C6H9N.C6H10O.2C6H8O.C6H10S.2C6H8S.15C2H6/c2*1-6-3-4-8-5-7(6)2;2*1-6-4-3-5-8-7(6)2;2*1-5-3-7-4-8-6(5)2;1-5-3-7-4-6(5)2;2*1-5-3-4-7-6(5)2;1-5-3-7-4-6(5)2;2*1-5-3-4-7-6(5)2;1-5-3-7-4-6(5)2;2*1-5-3-4-7-6(5)2;15*1-2/h4*3-5H,1-2H3;2*3-4H,1-2H3;3H,4H2,1-2H3;2*3-4,7H,1-2H3;3-4H2,1-2H3;2*3-4H,1-2H3;3-4H2,1-2H3;2*3-4H,1-2H3;15*1-2H3. The highest BCUT2D eigenvalue weighted by atomic mass is 32.2. The lowest BCUT2D eigenvalue weighted by Crippen LogP contribution is -1.85. The van der Waals surface area contributed by atoms with E-state index < -0.39 is 0 Å². The molecule has 0 bridgehead atoms. The molecule has 0 spiro atoms. The number of aryl methyl sites for hydroxylation is 24. The van der Waals surface area contributed by atoms with E-state index in [9.17, 15) is 0 Å². The van der Waals surface area contributed by atoms with Crippen molar-refractivity contribution in [1.82, 2.24) is 49.8 Å². The molecule has 0 radical (unpaired) electrons. The van der Waals surface area contributed by atoms with Crippen LogP contribution in [-0.2, 0) is 4.74 Å². The first-order valence-corrected chi connectivity index (χ1v) is 55.3. The Morgan fingerprint density at radius 3 is 0.667 bits per heavy atom. The van der Waals surface area contributed by atoms with Crippen molar-refractivity contribution in [2.75, 3.05) is 31.3 Å². The van der Waals surface area contributed by atoms with Gasteiger partial charge in [-0.3, -0.25) is 24.9 Å². The number of H-pyrrole nitrogens is 2. The van der Waals surface area contributed by atoms with Gasteiger partial charge in [0.25, 0.3) is 0 Å². The van der Waals surface area contributed by atoms with Crippen molar-refractivity contribution in [2.45, 2.75) is 415 Å². The van der Waals surface area contributed by atoms with Gasteiger partial charge in [0.05, 0.1) is 32.3 Å². The van der Waals surface area contributed by atoms with E-state index in [2.05, 4.69) is 240 Å². The van der Waals surface area contributed by atoms with Crippen LogP contribution in [0.4, 0.5) is 0 Å². The molecule has 0 unspecified atom stereocenters. The van der Waals surface area contributed by atoms with Crippen LogP contribution >= 0.6 is 34.4 Å². The number of aromatic nitrogens is 10. The van der Waals surface area contributed by atoms with E-state index in [0.29, 0.717) is 0 Å². The summed E-state index contributed by atoms with van der Waals surface area (Å²) in [6.45, 7) is 125. The Morgan fingerprint density at radius 1 is 0.262 bits per heavy atom. The topological polar surface area (TPSA) is 183 Å². The number of rotatable bonds is 0.